The summed E-state index contributed by atoms with van der Waals surface area (Å²) in [6, 6.07) is 8.80. The fourth-order valence-electron chi connectivity index (χ4n) is 2.94. The van der Waals surface area contributed by atoms with Gasteiger partial charge in [-0.15, -0.1) is 11.3 Å². The highest BCUT2D eigenvalue weighted by Gasteiger charge is 2.15. The van der Waals surface area contributed by atoms with E-state index < -0.39 is 0 Å². The number of nitrogens with zero attached hydrogens (tertiary/aromatic N) is 1. The standard InChI is InChI=1S/C18H23NO2S/c20-18(19-9-2-1-3-10-19)14-21-11-4-5-15-6-7-17-16(13-15)8-12-22-17/h6-8,12-13H,1-5,9-11,14H2. The number of benzene rings is 1. The summed E-state index contributed by atoms with van der Waals surface area (Å²) in [4.78, 5) is 13.9. The summed E-state index contributed by atoms with van der Waals surface area (Å²) in [7, 11) is 0. The van der Waals surface area contributed by atoms with Crippen LogP contribution in [-0.4, -0.2) is 37.1 Å². The van der Waals surface area contributed by atoms with Gasteiger partial charge >= 0.3 is 0 Å². The molecule has 1 aliphatic rings. The normalized spacial score (nSPS) is 15.4. The van der Waals surface area contributed by atoms with E-state index in [1.165, 1.54) is 22.1 Å². The first-order valence-corrected chi connectivity index (χ1v) is 9.02. The van der Waals surface area contributed by atoms with Crippen molar-refractivity contribution in [3.63, 3.8) is 0 Å². The van der Waals surface area contributed by atoms with Gasteiger partial charge in [0.05, 0.1) is 0 Å². The Balaban J connectivity index is 1.35. The van der Waals surface area contributed by atoms with Crippen LogP contribution in [0.5, 0.6) is 0 Å². The second kappa shape index (κ2) is 7.75. The minimum atomic E-state index is 0.152. The Bertz CT molecular complexity index is 616. The van der Waals surface area contributed by atoms with Gasteiger partial charge < -0.3 is 9.64 Å². The number of rotatable bonds is 6. The molecule has 0 bridgehead atoms. The Morgan fingerprint density at radius 1 is 1.18 bits per heavy atom. The highest BCUT2D eigenvalue weighted by molar-refractivity contribution is 7.17. The molecule has 1 aliphatic heterocycles. The minimum Gasteiger partial charge on any atom is -0.372 e. The third-order valence-electron chi connectivity index (χ3n) is 4.21. The lowest BCUT2D eigenvalue weighted by Crippen LogP contribution is -2.38. The highest BCUT2D eigenvalue weighted by Crippen LogP contribution is 2.22. The summed E-state index contributed by atoms with van der Waals surface area (Å²) in [6.07, 6.45) is 5.49. The molecular formula is C18H23NO2S. The fraction of sp³-hybridized carbons (Fsp3) is 0.500. The molecular weight excluding hydrogens is 294 g/mol. The summed E-state index contributed by atoms with van der Waals surface area (Å²) < 4.78 is 6.89. The topological polar surface area (TPSA) is 29.5 Å². The molecule has 2 heterocycles. The van der Waals surface area contributed by atoms with Gasteiger partial charge in [-0.2, -0.15) is 0 Å². The van der Waals surface area contributed by atoms with Crippen molar-refractivity contribution in [2.45, 2.75) is 32.1 Å². The SMILES string of the molecule is O=C(COCCCc1ccc2sccc2c1)N1CCCCC1. The van der Waals surface area contributed by atoms with Crippen molar-refractivity contribution in [1.82, 2.24) is 4.90 Å². The molecule has 1 fully saturated rings. The predicted octanol–water partition coefficient (Wildman–Crippen LogP) is 3.86. The zero-order valence-electron chi connectivity index (χ0n) is 12.9. The maximum absolute atomic E-state index is 12.0. The summed E-state index contributed by atoms with van der Waals surface area (Å²) in [6.45, 7) is 2.70. The van der Waals surface area contributed by atoms with Crippen LogP contribution in [0.3, 0.4) is 0 Å². The van der Waals surface area contributed by atoms with Crippen LogP contribution in [0.4, 0.5) is 0 Å². The molecule has 1 aromatic carbocycles. The fourth-order valence-corrected chi connectivity index (χ4v) is 3.71. The number of carbonyl (C=O) groups excluding carboxylic acids is 1. The number of hydrogen-bond acceptors (Lipinski definition) is 3. The number of aryl methyl sites for hydroxylation is 1. The van der Waals surface area contributed by atoms with E-state index in [0.29, 0.717) is 6.61 Å². The number of hydrogen-bond donors (Lipinski definition) is 0. The molecule has 0 N–H and O–H groups in total. The number of thiophene rings is 1. The van der Waals surface area contributed by atoms with Crippen LogP contribution in [0, 0.1) is 0 Å². The lowest BCUT2D eigenvalue weighted by atomic mass is 10.1. The molecule has 22 heavy (non-hydrogen) atoms. The lowest BCUT2D eigenvalue weighted by molar-refractivity contribution is -0.137. The highest BCUT2D eigenvalue weighted by atomic mass is 32.1. The first-order chi connectivity index (χ1) is 10.8. The predicted molar refractivity (Wildman–Crippen MR) is 91.4 cm³/mol. The molecule has 118 valence electrons. The van der Waals surface area contributed by atoms with E-state index >= 15 is 0 Å². The van der Waals surface area contributed by atoms with E-state index in [2.05, 4.69) is 29.6 Å². The number of piperidine rings is 1. The average molecular weight is 317 g/mol. The Kier molecular flexibility index (Phi) is 5.46. The van der Waals surface area contributed by atoms with E-state index in [0.717, 1.165) is 38.8 Å². The van der Waals surface area contributed by atoms with Gasteiger partial charge in [0.15, 0.2) is 0 Å². The van der Waals surface area contributed by atoms with Crippen LogP contribution in [0.25, 0.3) is 10.1 Å². The van der Waals surface area contributed by atoms with Crippen LogP contribution in [-0.2, 0) is 16.0 Å². The molecule has 0 radical (unpaired) electrons. The average Bonchev–Trinajstić information content (AvgIpc) is 3.03. The van der Waals surface area contributed by atoms with E-state index in [-0.39, 0.29) is 12.5 Å². The van der Waals surface area contributed by atoms with Crippen LogP contribution in [0.15, 0.2) is 29.6 Å². The lowest BCUT2D eigenvalue weighted by Gasteiger charge is -2.26. The van der Waals surface area contributed by atoms with Crippen molar-refractivity contribution >= 4 is 27.3 Å². The molecule has 0 atom stereocenters. The van der Waals surface area contributed by atoms with Crippen molar-refractivity contribution in [1.29, 1.82) is 0 Å². The number of carbonyl (C=O) groups is 1. The third kappa shape index (κ3) is 4.08. The molecule has 0 saturated carbocycles. The molecule has 3 rings (SSSR count). The van der Waals surface area contributed by atoms with Crippen molar-refractivity contribution in [3.8, 4) is 0 Å². The summed E-state index contributed by atoms with van der Waals surface area (Å²) >= 11 is 1.78. The molecule has 0 aliphatic carbocycles. The monoisotopic (exact) mass is 317 g/mol. The smallest absolute Gasteiger partial charge is 0.248 e. The van der Waals surface area contributed by atoms with Gasteiger partial charge in [0.1, 0.15) is 6.61 Å². The first-order valence-electron chi connectivity index (χ1n) is 8.14. The first kappa shape index (κ1) is 15.5. The molecule has 2 aromatic rings. The van der Waals surface area contributed by atoms with Crippen molar-refractivity contribution in [2.24, 2.45) is 0 Å². The van der Waals surface area contributed by atoms with E-state index in [9.17, 15) is 4.79 Å². The van der Waals surface area contributed by atoms with E-state index in [4.69, 9.17) is 4.74 Å². The summed E-state index contributed by atoms with van der Waals surface area (Å²) in [5, 5.41) is 3.45. The number of likely N-dealkylation sites (tertiary alicyclic amines) is 1. The zero-order chi connectivity index (χ0) is 15.2. The largest absolute Gasteiger partial charge is 0.372 e. The maximum Gasteiger partial charge on any atom is 0.248 e. The molecule has 1 amide bonds. The molecule has 4 heteroatoms. The van der Waals surface area contributed by atoms with Crippen LogP contribution in [0.2, 0.25) is 0 Å². The molecule has 3 nitrogen and oxygen atoms in total. The summed E-state index contributed by atoms with van der Waals surface area (Å²) in [5.74, 6) is 0.152. The van der Waals surface area contributed by atoms with Gasteiger partial charge in [-0.25, -0.2) is 0 Å². The van der Waals surface area contributed by atoms with Crippen LogP contribution in [0.1, 0.15) is 31.2 Å². The van der Waals surface area contributed by atoms with Crippen molar-refractivity contribution < 1.29 is 9.53 Å². The Morgan fingerprint density at radius 2 is 2.05 bits per heavy atom. The molecule has 1 aromatic heterocycles. The van der Waals surface area contributed by atoms with Gasteiger partial charge in [-0.3, -0.25) is 4.79 Å². The number of amides is 1. The maximum atomic E-state index is 12.0. The van der Waals surface area contributed by atoms with E-state index in [1.807, 2.05) is 4.90 Å². The van der Waals surface area contributed by atoms with Gasteiger partial charge in [0.25, 0.3) is 0 Å². The van der Waals surface area contributed by atoms with Gasteiger partial charge in [-0.1, -0.05) is 12.1 Å². The second-order valence-electron chi connectivity index (χ2n) is 5.89. The van der Waals surface area contributed by atoms with Gasteiger partial charge in [0, 0.05) is 24.4 Å². The number of ether oxygens (including phenoxy) is 1. The Hall–Kier alpha value is -1.39. The van der Waals surface area contributed by atoms with Gasteiger partial charge in [0.2, 0.25) is 5.91 Å². The summed E-state index contributed by atoms with van der Waals surface area (Å²) in [5.41, 5.74) is 1.34. The Morgan fingerprint density at radius 3 is 2.91 bits per heavy atom. The second-order valence-corrected chi connectivity index (χ2v) is 6.84. The molecule has 1 saturated heterocycles. The van der Waals surface area contributed by atoms with Crippen molar-refractivity contribution in [3.05, 3.63) is 35.2 Å². The van der Waals surface area contributed by atoms with Gasteiger partial charge in [-0.05, 0) is 60.6 Å². The van der Waals surface area contributed by atoms with Crippen LogP contribution >= 0.6 is 11.3 Å². The molecule has 0 unspecified atom stereocenters. The Labute approximate surface area is 135 Å². The van der Waals surface area contributed by atoms with Crippen molar-refractivity contribution in [2.75, 3.05) is 26.3 Å². The zero-order valence-corrected chi connectivity index (χ0v) is 13.7. The molecule has 0 spiro atoms. The minimum absolute atomic E-state index is 0.152. The quantitative estimate of drug-likeness (QED) is 0.757. The van der Waals surface area contributed by atoms with E-state index in [1.54, 1.807) is 11.3 Å². The third-order valence-corrected chi connectivity index (χ3v) is 5.10. The van der Waals surface area contributed by atoms with Crippen LogP contribution < -0.4 is 0 Å². The number of fused-ring (bicyclic) bond motifs is 1.